The first kappa shape index (κ1) is 15.0. The number of hydrogen-bond donors (Lipinski definition) is 2. The molecule has 1 aliphatic heterocycles. The number of likely N-dealkylation sites (tertiary alicyclic amines) is 1. The van der Waals surface area contributed by atoms with Crippen molar-refractivity contribution >= 4 is 5.91 Å². The fourth-order valence-corrected chi connectivity index (χ4v) is 2.74. The van der Waals surface area contributed by atoms with Crippen molar-refractivity contribution in [1.29, 1.82) is 0 Å². The van der Waals surface area contributed by atoms with Gasteiger partial charge in [0.25, 0.3) is 5.91 Å². The molecule has 2 unspecified atom stereocenters. The second-order valence-electron chi connectivity index (χ2n) is 6.78. The molecule has 1 aliphatic rings. The molecule has 2 atom stereocenters. The number of aliphatic hydroxyl groups is 1. The molecule has 5 heteroatoms. The van der Waals surface area contributed by atoms with Gasteiger partial charge in [-0.05, 0) is 24.8 Å². The maximum atomic E-state index is 12.6. The second-order valence-corrected chi connectivity index (χ2v) is 6.78. The fraction of sp³-hybridized carbons (Fsp3) is 0.733. The summed E-state index contributed by atoms with van der Waals surface area (Å²) >= 11 is 0. The number of amides is 1. The second kappa shape index (κ2) is 5.56. The Labute approximate surface area is 120 Å². The van der Waals surface area contributed by atoms with Crippen molar-refractivity contribution < 1.29 is 9.90 Å². The van der Waals surface area contributed by atoms with Gasteiger partial charge in [-0.15, -0.1) is 0 Å². The highest BCUT2D eigenvalue weighted by Crippen LogP contribution is 2.26. The smallest absolute Gasteiger partial charge is 0.274 e. The highest BCUT2D eigenvalue weighted by Gasteiger charge is 2.33. The molecular formula is C15H25N3O2. The normalized spacial score (nSPS) is 23.9. The fourth-order valence-electron chi connectivity index (χ4n) is 2.74. The Balaban J connectivity index is 2.20. The molecule has 0 aromatic carbocycles. The molecular weight excluding hydrogens is 254 g/mol. The van der Waals surface area contributed by atoms with E-state index < -0.39 is 0 Å². The van der Waals surface area contributed by atoms with Gasteiger partial charge in [0, 0.05) is 17.7 Å². The Morgan fingerprint density at radius 2 is 2.25 bits per heavy atom. The first-order valence-electron chi connectivity index (χ1n) is 7.32. The minimum Gasteiger partial charge on any atom is -0.394 e. The number of H-pyrrole nitrogens is 1. The monoisotopic (exact) mass is 279 g/mol. The Kier molecular flexibility index (Phi) is 4.18. The minimum absolute atomic E-state index is 0.0173. The zero-order valence-electron chi connectivity index (χ0n) is 12.8. The van der Waals surface area contributed by atoms with E-state index in [1.54, 1.807) is 4.90 Å². The summed E-state index contributed by atoms with van der Waals surface area (Å²) in [5, 5.41) is 16.6. The van der Waals surface area contributed by atoms with Gasteiger partial charge in [0.05, 0.1) is 12.6 Å². The predicted octanol–water partition coefficient (Wildman–Crippen LogP) is 1.94. The van der Waals surface area contributed by atoms with E-state index in [1.165, 1.54) is 0 Å². The van der Waals surface area contributed by atoms with E-state index in [0.29, 0.717) is 18.2 Å². The third-order valence-electron chi connectivity index (χ3n) is 4.17. The quantitative estimate of drug-likeness (QED) is 0.869. The number of nitrogens with zero attached hydrogens (tertiary/aromatic N) is 2. The molecule has 5 nitrogen and oxygen atoms in total. The number of rotatable bonds is 2. The van der Waals surface area contributed by atoms with E-state index in [4.69, 9.17) is 0 Å². The summed E-state index contributed by atoms with van der Waals surface area (Å²) in [6, 6.07) is 1.74. The van der Waals surface area contributed by atoms with Gasteiger partial charge in [-0.1, -0.05) is 27.7 Å². The van der Waals surface area contributed by atoms with Crippen LogP contribution in [0.3, 0.4) is 0 Å². The standard InChI is InChI=1S/C15H25N3O2/c1-10-6-5-7-18(12(10)9-19)14(20)11-8-13(17-16-11)15(2,3)4/h8,10,12,19H,5-7,9H2,1-4H3,(H,16,17). The van der Waals surface area contributed by atoms with Gasteiger partial charge in [-0.3, -0.25) is 9.89 Å². The summed E-state index contributed by atoms with van der Waals surface area (Å²) < 4.78 is 0. The Hall–Kier alpha value is -1.36. The number of hydrogen-bond acceptors (Lipinski definition) is 3. The number of carbonyl (C=O) groups is 1. The van der Waals surface area contributed by atoms with Crippen LogP contribution in [-0.2, 0) is 5.41 Å². The van der Waals surface area contributed by atoms with Crippen LogP contribution in [0.4, 0.5) is 0 Å². The van der Waals surface area contributed by atoms with Crippen molar-refractivity contribution in [3.05, 3.63) is 17.5 Å². The van der Waals surface area contributed by atoms with Crippen LogP contribution in [0, 0.1) is 5.92 Å². The third-order valence-corrected chi connectivity index (χ3v) is 4.17. The SMILES string of the molecule is CC1CCCN(C(=O)c2cc(C(C)(C)C)[nH]n2)C1CO. The third kappa shape index (κ3) is 2.87. The average Bonchev–Trinajstić information content (AvgIpc) is 2.87. The molecule has 0 radical (unpaired) electrons. The molecule has 1 fully saturated rings. The zero-order chi connectivity index (χ0) is 14.9. The molecule has 112 valence electrons. The van der Waals surface area contributed by atoms with Crippen molar-refractivity contribution in [3.63, 3.8) is 0 Å². The lowest BCUT2D eigenvalue weighted by atomic mass is 9.90. The van der Waals surface area contributed by atoms with Crippen molar-refractivity contribution in [2.24, 2.45) is 5.92 Å². The van der Waals surface area contributed by atoms with Gasteiger partial charge in [-0.2, -0.15) is 5.10 Å². The molecule has 1 aromatic rings. The van der Waals surface area contributed by atoms with E-state index in [2.05, 4.69) is 37.9 Å². The van der Waals surface area contributed by atoms with Crippen LogP contribution < -0.4 is 0 Å². The van der Waals surface area contributed by atoms with Gasteiger partial charge in [-0.25, -0.2) is 0 Å². The first-order chi connectivity index (χ1) is 9.34. The Morgan fingerprint density at radius 3 is 2.80 bits per heavy atom. The summed E-state index contributed by atoms with van der Waals surface area (Å²) in [6.45, 7) is 9.04. The molecule has 20 heavy (non-hydrogen) atoms. The molecule has 2 rings (SSSR count). The number of aromatic nitrogens is 2. The lowest BCUT2D eigenvalue weighted by molar-refractivity contribution is 0.0353. The topological polar surface area (TPSA) is 69.2 Å². The van der Waals surface area contributed by atoms with Gasteiger partial charge in [0.1, 0.15) is 5.69 Å². The average molecular weight is 279 g/mol. The van der Waals surface area contributed by atoms with Gasteiger partial charge >= 0.3 is 0 Å². The Morgan fingerprint density at radius 1 is 1.55 bits per heavy atom. The van der Waals surface area contributed by atoms with E-state index in [-0.39, 0.29) is 24.0 Å². The van der Waals surface area contributed by atoms with Crippen LogP contribution in [0.25, 0.3) is 0 Å². The molecule has 1 amide bonds. The molecule has 1 saturated heterocycles. The first-order valence-corrected chi connectivity index (χ1v) is 7.32. The van der Waals surface area contributed by atoms with Crippen LogP contribution in [0.5, 0.6) is 0 Å². The van der Waals surface area contributed by atoms with Crippen LogP contribution in [0.2, 0.25) is 0 Å². The maximum absolute atomic E-state index is 12.6. The van der Waals surface area contributed by atoms with Crippen LogP contribution in [-0.4, -0.2) is 45.3 Å². The van der Waals surface area contributed by atoms with Crippen molar-refractivity contribution in [3.8, 4) is 0 Å². The number of aromatic amines is 1. The summed E-state index contributed by atoms with van der Waals surface area (Å²) in [5.74, 6) is 0.251. The highest BCUT2D eigenvalue weighted by molar-refractivity contribution is 5.92. The van der Waals surface area contributed by atoms with Gasteiger partial charge in [0.15, 0.2) is 0 Å². The van der Waals surface area contributed by atoms with E-state index in [1.807, 2.05) is 6.07 Å². The lowest BCUT2D eigenvalue weighted by Crippen LogP contribution is -2.49. The summed E-state index contributed by atoms with van der Waals surface area (Å²) in [6.07, 6.45) is 2.04. The van der Waals surface area contributed by atoms with Gasteiger partial charge < -0.3 is 10.0 Å². The maximum Gasteiger partial charge on any atom is 0.274 e. The molecule has 2 heterocycles. The summed E-state index contributed by atoms with van der Waals surface area (Å²) in [5.41, 5.74) is 1.34. The molecule has 0 saturated carbocycles. The number of aliphatic hydroxyl groups excluding tert-OH is 1. The van der Waals surface area contributed by atoms with Gasteiger partial charge in [0.2, 0.25) is 0 Å². The minimum atomic E-state index is -0.0916. The van der Waals surface area contributed by atoms with Crippen molar-refractivity contribution in [1.82, 2.24) is 15.1 Å². The van der Waals surface area contributed by atoms with Crippen molar-refractivity contribution in [2.75, 3.05) is 13.2 Å². The molecule has 0 aliphatic carbocycles. The summed E-state index contributed by atoms with van der Waals surface area (Å²) in [4.78, 5) is 14.4. The van der Waals surface area contributed by atoms with Crippen LogP contribution in [0.1, 0.15) is 56.7 Å². The molecule has 1 aromatic heterocycles. The van der Waals surface area contributed by atoms with Crippen LogP contribution in [0.15, 0.2) is 6.07 Å². The molecule has 2 N–H and O–H groups in total. The van der Waals surface area contributed by atoms with E-state index in [9.17, 15) is 9.90 Å². The van der Waals surface area contributed by atoms with Crippen molar-refractivity contribution in [2.45, 2.75) is 52.0 Å². The predicted molar refractivity (Wildman–Crippen MR) is 77.6 cm³/mol. The molecule has 0 spiro atoms. The summed E-state index contributed by atoms with van der Waals surface area (Å²) in [7, 11) is 0. The molecule has 0 bridgehead atoms. The highest BCUT2D eigenvalue weighted by atomic mass is 16.3. The van der Waals surface area contributed by atoms with E-state index >= 15 is 0 Å². The lowest BCUT2D eigenvalue weighted by Gasteiger charge is -2.38. The Bertz CT molecular complexity index is 476. The number of carbonyl (C=O) groups excluding carboxylic acids is 1. The number of piperidine rings is 1. The van der Waals surface area contributed by atoms with E-state index in [0.717, 1.165) is 18.5 Å². The zero-order valence-corrected chi connectivity index (χ0v) is 12.8. The number of nitrogens with one attached hydrogen (secondary N) is 1. The largest absolute Gasteiger partial charge is 0.394 e. The van der Waals surface area contributed by atoms with Crippen LogP contribution >= 0.6 is 0 Å².